The topological polar surface area (TPSA) is 46.3 Å². The van der Waals surface area contributed by atoms with Crippen molar-refractivity contribution in [1.82, 2.24) is 9.88 Å². The minimum atomic E-state index is 0.0103. The lowest BCUT2D eigenvalue weighted by Crippen LogP contribution is -2.65. The Balaban J connectivity index is 2.25. The van der Waals surface area contributed by atoms with E-state index in [0.29, 0.717) is 23.3 Å². The van der Waals surface area contributed by atoms with Gasteiger partial charge in [0, 0.05) is 23.9 Å². The fourth-order valence-electron chi connectivity index (χ4n) is 3.40. The molecule has 2 rings (SSSR count). The summed E-state index contributed by atoms with van der Waals surface area (Å²) in [6, 6.07) is 0.272. The van der Waals surface area contributed by atoms with Crippen LogP contribution in [-0.2, 0) is 0 Å². The summed E-state index contributed by atoms with van der Waals surface area (Å²) in [5, 5.41) is 0. The number of hydrogen-bond donors (Lipinski definition) is 0. The third kappa shape index (κ3) is 2.36. The van der Waals surface area contributed by atoms with Gasteiger partial charge in [-0.25, -0.2) is 4.98 Å². The number of likely N-dealkylation sites (tertiary alicyclic amines) is 1. The van der Waals surface area contributed by atoms with Crippen LogP contribution in [0.1, 0.15) is 69.6 Å². The zero-order chi connectivity index (χ0) is 15.2. The van der Waals surface area contributed by atoms with Crippen molar-refractivity contribution in [2.45, 2.75) is 60.4 Å². The fraction of sp³-hybridized carbons (Fsp3) is 0.750. The molecule has 1 aliphatic rings. The second-order valence-electron chi connectivity index (χ2n) is 7.22. The Kier molecular flexibility index (Phi) is 3.69. The Bertz CT molecular complexity index is 515. The standard InChI is InChI=1S/C16H26N2O2/c1-9(2)13-16(6,7)8-18(13)15(19)12-11(5)20-14(17-12)10(3)4/h9-10,13H,8H2,1-7H3. The van der Waals surface area contributed by atoms with Gasteiger partial charge in [0.25, 0.3) is 5.91 Å². The van der Waals surface area contributed by atoms with E-state index in [2.05, 4.69) is 32.7 Å². The average molecular weight is 278 g/mol. The number of carbonyl (C=O) groups excluding carboxylic acids is 1. The molecule has 2 heterocycles. The summed E-state index contributed by atoms with van der Waals surface area (Å²) in [6.07, 6.45) is 0. The molecule has 1 amide bonds. The maximum atomic E-state index is 12.7. The van der Waals surface area contributed by atoms with E-state index in [-0.39, 0.29) is 23.3 Å². The van der Waals surface area contributed by atoms with E-state index in [1.807, 2.05) is 25.7 Å². The highest BCUT2D eigenvalue weighted by Gasteiger charge is 2.50. The van der Waals surface area contributed by atoms with E-state index >= 15 is 0 Å². The maximum Gasteiger partial charge on any atom is 0.276 e. The van der Waals surface area contributed by atoms with Crippen LogP contribution in [0.5, 0.6) is 0 Å². The SMILES string of the molecule is Cc1oc(C(C)C)nc1C(=O)N1CC(C)(C)C1C(C)C. The number of amides is 1. The molecule has 1 fully saturated rings. The molecule has 4 nitrogen and oxygen atoms in total. The summed E-state index contributed by atoms with van der Waals surface area (Å²) in [5.74, 6) is 1.93. The normalized spacial score (nSPS) is 21.4. The molecule has 4 heteroatoms. The fourth-order valence-corrected chi connectivity index (χ4v) is 3.40. The first-order chi connectivity index (χ1) is 9.15. The lowest BCUT2D eigenvalue weighted by molar-refractivity contribution is -0.0523. The molecule has 0 aliphatic carbocycles. The van der Waals surface area contributed by atoms with Crippen LogP contribution in [0.15, 0.2) is 4.42 Å². The van der Waals surface area contributed by atoms with Crippen molar-refractivity contribution in [1.29, 1.82) is 0 Å². The first kappa shape index (κ1) is 15.1. The number of carbonyl (C=O) groups is 1. The van der Waals surface area contributed by atoms with E-state index in [0.717, 1.165) is 6.54 Å². The third-order valence-electron chi connectivity index (χ3n) is 4.12. The first-order valence-corrected chi connectivity index (χ1v) is 7.43. The third-order valence-corrected chi connectivity index (χ3v) is 4.12. The van der Waals surface area contributed by atoms with Gasteiger partial charge in [-0.3, -0.25) is 4.79 Å². The molecule has 0 aromatic carbocycles. The number of rotatable bonds is 3. The minimum Gasteiger partial charge on any atom is -0.445 e. The zero-order valence-corrected chi connectivity index (χ0v) is 13.7. The highest BCUT2D eigenvalue weighted by Crippen LogP contribution is 2.42. The van der Waals surface area contributed by atoms with Crippen LogP contribution >= 0.6 is 0 Å². The highest BCUT2D eigenvalue weighted by molar-refractivity contribution is 5.94. The Hall–Kier alpha value is -1.32. The Morgan fingerprint density at radius 2 is 1.95 bits per heavy atom. The maximum absolute atomic E-state index is 12.7. The van der Waals surface area contributed by atoms with E-state index in [9.17, 15) is 4.79 Å². The molecule has 20 heavy (non-hydrogen) atoms. The monoisotopic (exact) mass is 278 g/mol. The van der Waals surface area contributed by atoms with Crippen molar-refractivity contribution in [2.75, 3.05) is 6.54 Å². The van der Waals surface area contributed by atoms with Crippen LogP contribution in [0, 0.1) is 18.3 Å². The smallest absolute Gasteiger partial charge is 0.276 e. The van der Waals surface area contributed by atoms with Crippen LogP contribution in [0.4, 0.5) is 0 Å². The van der Waals surface area contributed by atoms with Crippen LogP contribution in [0.25, 0.3) is 0 Å². The summed E-state index contributed by atoms with van der Waals surface area (Å²) in [7, 11) is 0. The molecule has 0 radical (unpaired) electrons. The van der Waals surface area contributed by atoms with E-state index in [1.54, 1.807) is 0 Å². The molecule has 1 aromatic rings. The number of hydrogen-bond acceptors (Lipinski definition) is 3. The van der Waals surface area contributed by atoms with Crippen molar-refractivity contribution in [3.8, 4) is 0 Å². The van der Waals surface area contributed by atoms with Crippen molar-refractivity contribution < 1.29 is 9.21 Å². The van der Waals surface area contributed by atoms with Crippen LogP contribution in [0.3, 0.4) is 0 Å². The van der Waals surface area contributed by atoms with E-state index < -0.39 is 0 Å². The molecule has 0 spiro atoms. The summed E-state index contributed by atoms with van der Waals surface area (Å²) in [4.78, 5) is 19.0. The second kappa shape index (κ2) is 4.90. The lowest BCUT2D eigenvalue weighted by atomic mass is 9.70. The minimum absolute atomic E-state index is 0.0103. The van der Waals surface area contributed by atoms with Gasteiger partial charge < -0.3 is 9.32 Å². The Labute approximate surface area is 121 Å². The molecule has 1 saturated heterocycles. The average Bonchev–Trinajstić information content (AvgIpc) is 2.67. The zero-order valence-electron chi connectivity index (χ0n) is 13.7. The number of nitrogens with zero attached hydrogens (tertiary/aromatic N) is 2. The Morgan fingerprint density at radius 3 is 2.35 bits per heavy atom. The number of aromatic nitrogens is 1. The summed E-state index contributed by atoms with van der Waals surface area (Å²) in [6.45, 7) is 15.4. The van der Waals surface area contributed by atoms with Crippen LogP contribution in [0.2, 0.25) is 0 Å². The van der Waals surface area contributed by atoms with Crippen molar-refractivity contribution in [2.24, 2.45) is 11.3 Å². The molecular weight excluding hydrogens is 252 g/mol. The molecule has 0 bridgehead atoms. The van der Waals surface area contributed by atoms with Crippen molar-refractivity contribution in [3.05, 3.63) is 17.3 Å². The summed E-state index contributed by atoms with van der Waals surface area (Å²) < 4.78 is 5.61. The van der Waals surface area contributed by atoms with Crippen LogP contribution in [-0.4, -0.2) is 28.4 Å². The van der Waals surface area contributed by atoms with Gasteiger partial charge in [-0.2, -0.15) is 0 Å². The lowest BCUT2D eigenvalue weighted by Gasteiger charge is -2.56. The highest BCUT2D eigenvalue weighted by atomic mass is 16.4. The van der Waals surface area contributed by atoms with Gasteiger partial charge in [0.2, 0.25) is 0 Å². The number of aryl methyl sites for hydroxylation is 1. The predicted octanol–water partition coefficient (Wildman–Crippen LogP) is 3.61. The quantitative estimate of drug-likeness (QED) is 0.848. The van der Waals surface area contributed by atoms with E-state index in [1.165, 1.54) is 0 Å². The van der Waals surface area contributed by atoms with Gasteiger partial charge >= 0.3 is 0 Å². The molecule has 112 valence electrons. The van der Waals surface area contributed by atoms with Gasteiger partial charge in [0.1, 0.15) is 5.76 Å². The molecular formula is C16H26N2O2. The van der Waals surface area contributed by atoms with Crippen molar-refractivity contribution >= 4 is 5.91 Å². The van der Waals surface area contributed by atoms with Crippen LogP contribution < -0.4 is 0 Å². The summed E-state index contributed by atoms with van der Waals surface area (Å²) >= 11 is 0. The predicted molar refractivity (Wildman–Crippen MR) is 78.8 cm³/mol. The van der Waals surface area contributed by atoms with E-state index in [4.69, 9.17) is 4.42 Å². The van der Waals surface area contributed by atoms with Gasteiger partial charge in [0.15, 0.2) is 11.6 Å². The second-order valence-corrected chi connectivity index (χ2v) is 7.22. The first-order valence-electron chi connectivity index (χ1n) is 7.43. The number of oxazole rings is 1. The molecule has 1 aliphatic heterocycles. The van der Waals surface area contributed by atoms with Gasteiger partial charge in [-0.15, -0.1) is 0 Å². The molecule has 0 saturated carbocycles. The van der Waals surface area contributed by atoms with Gasteiger partial charge in [-0.1, -0.05) is 41.5 Å². The summed E-state index contributed by atoms with van der Waals surface area (Å²) in [5.41, 5.74) is 0.664. The largest absolute Gasteiger partial charge is 0.445 e. The molecule has 0 N–H and O–H groups in total. The van der Waals surface area contributed by atoms with Gasteiger partial charge in [0.05, 0.1) is 0 Å². The molecule has 1 atom stereocenters. The van der Waals surface area contributed by atoms with Gasteiger partial charge in [-0.05, 0) is 12.8 Å². The van der Waals surface area contributed by atoms with Crippen molar-refractivity contribution in [3.63, 3.8) is 0 Å². The molecule has 1 unspecified atom stereocenters. The Morgan fingerprint density at radius 1 is 1.35 bits per heavy atom. The molecule has 1 aromatic heterocycles.